The Morgan fingerprint density at radius 1 is 1.29 bits per heavy atom. The lowest BCUT2D eigenvalue weighted by atomic mass is 10.3. The fourth-order valence-corrected chi connectivity index (χ4v) is 3.37. The van der Waals surface area contributed by atoms with Crippen LogP contribution in [0, 0.1) is 6.92 Å². The van der Waals surface area contributed by atoms with E-state index in [-0.39, 0.29) is 11.6 Å². The Morgan fingerprint density at radius 2 is 2.10 bits per heavy atom. The number of pyridine rings is 1. The summed E-state index contributed by atoms with van der Waals surface area (Å²) in [6.07, 6.45) is 1.57. The van der Waals surface area contributed by atoms with Gasteiger partial charge in [0, 0.05) is 23.8 Å². The van der Waals surface area contributed by atoms with Gasteiger partial charge in [0.25, 0.3) is 10.0 Å². The molecule has 114 valence electrons. The second kappa shape index (κ2) is 7.08. The molecule has 0 amide bonds. The molecule has 0 aliphatic carbocycles. The molecule has 0 radical (unpaired) electrons. The minimum absolute atomic E-state index is 0.0241. The molecule has 0 aromatic carbocycles. The second-order valence-corrected chi connectivity index (χ2v) is 7.15. The Morgan fingerprint density at radius 3 is 2.67 bits per heavy atom. The normalized spacial score (nSPS) is 11.7. The molecule has 6 nitrogen and oxygen atoms in total. The average molecular weight is 326 g/mol. The number of nitrogens with zero attached hydrogens (tertiary/aromatic N) is 2. The fraction of sp³-hybridized carbons (Fsp3) is 0.385. The van der Waals surface area contributed by atoms with Gasteiger partial charge in [-0.25, -0.2) is 23.1 Å². The third kappa shape index (κ3) is 4.57. The van der Waals surface area contributed by atoms with Crippen molar-refractivity contribution in [3.8, 4) is 0 Å². The summed E-state index contributed by atoms with van der Waals surface area (Å²) < 4.78 is 26.8. The van der Waals surface area contributed by atoms with Crippen molar-refractivity contribution < 1.29 is 8.42 Å². The van der Waals surface area contributed by atoms with Crippen molar-refractivity contribution in [1.82, 2.24) is 20.0 Å². The molecule has 0 saturated carbocycles. The molecule has 2 N–H and O–H groups in total. The third-order valence-electron chi connectivity index (χ3n) is 2.73. The van der Waals surface area contributed by atoms with E-state index in [2.05, 4.69) is 20.0 Å². The first-order chi connectivity index (χ1) is 10.0. The molecule has 0 saturated heterocycles. The minimum Gasteiger partial charge on any atom is -0.313 e. The summed E-state index contributed by atoms with van der Waals surface area (Å²) in [5, 5.41) is 5.81. The van der Waals surface area contributed by atoms with E-state index in [0.29, 0.717) is 6.54 Å². The lowest BCUT2D eigenvalue weighted by Gasteiger charge is -2.06. The Kier molecular flexibility index (Phi) is 5.40. The molecule has 2 rings (SSSR count). The van der Waals surface area contributed by atoms with Gasteiger partial charge < -0.3 is 5.32 Å². The van der Waals surface area contributed by atoms with Crippen LogP contribution in [0.3, 0.4) is 0 Å². The highest BCUT2D eigenvalue weighted by Gasteiger charge is 2.15. The first kappa shape index (κ1) is 16.0. The first-order valence-corrected chi connectivity index (χ1v) is 8.94. The molecule has 2 aromatic rings. The minimum atomic E-state index is -3.60. The number of thiazole rings is 1. The van der Waals surface area contributed by atoms with Crippen LogP contribution >= 0.6 is 11.3 Å². The number of aromatic nitrogens is 2. The predicted molar refractivity (Wildman–Crippen MR) is 82.5 cm³/mol. The van der Waals surface area contributed by atoms with Gasteiger partial charge in [-0.1, -0.05) is 13.0 Å². The van der Waals surface area contributed by atoms with E-state index in [9.17, 15) is 8.42 Å². The molecule has 0 bridgehead atoms. The molecule has 0 atom stereocenters. The maximum Gasteiger partial charge on any atom is 0.258 e. The van der Waals surface area contributed by atoms with Crippen molar-refractivity contribution in [2.75, 3.05) is 6.54 Å². The topological polar surface area (TPSA) is 84.0 Å². The summed E-state index contributed by atoms with van der Waals surface area (Å²) in [4.78, 5) is 8.23. The highest BCUT2D eigenvalue weighted by atomic mass is 32.2. The monoisotopic (exact) mass is 326 g/mol. The van der Waals surface area contributed by atoms with E-state index >= 15 is 0 Å². The second-order valence-electron chi connectivity index (χ2n) is 4.49. The van der Waals surface area contributed by atoms with Gasteiger partial charge in [0.15, 0.2) is 5.03 Å². The van der Waals surface area contributed by atoms with Gasteiger partial charge in [-0.2, -0.15) is 0 Å². The van der Waals surface area contributed by atoms with Crippen LogP contribution in [-0.2, 0) is 23.1 Å². The number of nitrogens with one attached hydrogen (secondary N) is 2. The van der Waals surface area contributed by atoms with E-state index in [1.807, 2.05) is 19.2 Å². The maximum absolute atomic E-state index is 12.1. The van der Waals surface area contributed by atoms with Crippen LogP contribution < -0.4 is 10.0 Å². The Hall–Kier alpha value is -1.35. The van der Waals surface area contributed by atoms with Crippen LogP contribution in [0.4, 0.5) is 0 Å². The molecule has 0 spiro atoms. The Labute approximate surface area is 128 Å². The van der Waals surface area contributed by atoms with Crippen molar-refractivity contribution in [3.63, 3.8) is 0 Å². The molecule has 2 heterocycles. The van der Waals surface area contributed by atoms with Gasteiger partial charge >= 0.3 is 0 Å². The summed E-state index contributed by atoms with van der Waals surface area (Å²) in [5.41, 5.74) is 1.84. The van der Waals surface area contributed by atoms with Crippen LogP contribution in [0.5, 0.6) is 0 Å². The van der Waals surface area contributed by atoms with Crippen LogP contribution in [0.1, 0.15) is 23.2 Å². The van der Waals surface area contributed by atoms with Crippen molar-refractivity contribution in [2.24, 2.45) is 0 Å². The number of aryl methyl sites for hydroxylation is 1. The fourth-order valence-electron chi connectivity index (χ4n) is 1.66. The SMILES string of the molecule is CCNCc1ccc(S(=O)(=O)NCc2nc(C)cs2)nc1. The summed E-state index contributed by atoms with van der Waals surface area (Å²) in [6, 6.07) is 3.28. The van der Waals surface area contributed by atoms with Crippen LogP contribution in [0.2, 0.25) is 0 Å². The smallest absolute Gasteiger partial charge is 0.258 e. The Balaban J connectivity index is 2.01. The molecule has 8 heteroatoms. The molecular weight excluding hydrogens is 308 g/mol. The van der Waals surface area contributed by atoms with Crippen molar-refractivity contribution in [1.29, 1.82) is 0 Å². The van der Waals surface area contributed by atoms with E-state index in [1.54, 1.807) is 12.3 Å². The molecule has 2 aromatic heterocycles. The van der Waals surface area contributed by atoms with Crippen molar-refractivity contribution >= 4 is 21.4 Å². The quantitative estimate of drug-likeness (QED) is 0.804. The molecular formula is C13H18N4O2S2. The number of hydrogen-bond acceptors (Lipinski definition) is 6. The van der Waals surface area contributed by atoms with Gasteiger partial charge in [-0.15, -0.1) is 11.3 Å². The lowest BCUT2D eigenvalue weighted by Crippen LogP contribution is -2.24. The zero-order valence-corrected chi connectivity index (χ0v) is 13.6. The van der Waals surface area contributed by atoms with Gasteiger partial charge in [0.1, 0.15) is 5.01 Å². The van der Waals surface area contributed by atoms with Crippen LogP contribution in [-0.4, -0.2) is 24.9 Å². The van der Waals surface area contributed by atoms with Gasteiger partial charge in [0.2, 0.25) is 0 Å². The molecule has 0 aliphatic heterocycles. The number of rotatable bonds is 7. The van der Waals surface area contributed by atoms with E-state index in [0.717, 1.165) is 22.8 Å². The zero-order valence-electron chi connectivity index (χ0n) is 12.0. The van der Waals surface area contributed by atoms with E-state index in [1.165, 1.54) is 17.4 Å². The van der Waals surface area contributed by atoms with Gasteiger partial charge in [-0.05, 0) is 25.1 Å². The average Bonchev–Trinajstić information content (AvgIpc) is 2.89. The van der Waals surface area contributed by atoms with Crippen LogP contribution in [0.25, 0.3) is 0 Å². The van der Waals surface area contributed by atoms with Crippen molar-refractivity contribution in [3.05, 3.63) is 40.0 Å². The molecule has 0 aliphatic rings. The third-order valence-corrected chi connectivity index (χ3v) is 5.02. The largest absolute Gasteiger partial charge is 0.313 e. The standard InChI is InChI=1S/C13H18N4O2S2/c1-3-14-6-11-4-5-13(15-7-11)21(18,19)16-8-12-17-10(2)9-20-12/h4-5,7,9,14,16H,3,6,8H2,1-2H3. The van der Waals surface area contributed by atoms with E-state index in [4.69, 9.17) is 0 Å². The molecule has 0 fully saturated rings. The Bertz CT molecular complexity index is 680. The van der Waals surface area contributed by atoms with Crippen molar-refractivity contribution in [2.45, 2.75) is 32.0 Å². The summed E-state index contributed by atoms with van der Waals surface area (Å²) >= 11 is 1.43. The number of hydrogen-bond donors (Lipinski definition) is 2. The summed E-state index contributed by atoms with van der Waals surface area (Å²) in [7, 11) is -3.60. The summed E-state index contributed by atoms with van der Waals surface area (Å²) in [5.74, 6) is 0. The summed E-state index contributed by atoms with van der Waals surface area (Å²) in [6.45, 7) is 5.60. The highest BCUT2D eigenvalue weighted by Crippen LogP contribution is 2.11. The zero-order chi connectivity index (χ0) is 15.3. The first-order valence-electron chi connectivity index (χ1n) is 6.57. The van der Waals surface area contributed by atoms with Gasteiger partial charge in [-0.3, -0.25) is 0 Å². The van der Waals surface area contributed by atoms with Gasteiger partial charge in [0.05, 0.1) is 6.54 Å². The highest BCUT2D eigenvalue weighted by molar-refractivity contribution is 7.89. The number of sulfonamides is 1. The predicted octanol–water partition coefficient (Wildman–Crippen LogP) is 1.43. The lowest BCUT2D eigenvalue weighted by molar-refractivity contribution is 0.577. The maximum atomic E-state index is 12.1. The van der Waals surface area contributed by atoms with E-state index < -0.39 is 10.0 Å². The van der Waals surface area contributed by atoms with Crippen LogP contribution in [0.15, 0.2) is 28.7 Å². The molecule has 0 unspecified atom stereocenters. The molecule has 21 heavy (non-hydrogen) atoms.